The van der Waals surface area contributed by atoms with Crippen molar-refractivity contribution >= 4 is 28.5 Å². The number of ether oxygens (including phenoxy) is 4. The molecule has 0 atom stereocenters. The van der Waals surface area contributed by atoms with Crippen LogP contribution < -0.4 is 14.2 Å². The van der Waals surface area contributed by atoms with Crippen LogP contribution >= 0.6 is 11.6 Å². The first-order chi connectivity index (χ1) is 14.8. The first-order valence-electron chi connectivity index (χ1n) is 10.1. The Morgan fingerprint density at radius 3 is 2.55 bits per heavy atom. The Morgan fingerprint density at radius 2 is 1.87 bits per heavy atom. The van der Waals surface area contributed by atoms with Crippen molar-refractivity contribution in [2.24, 2.45) is 0 Å². The molecule has 4 rings (SSSR count). The summed E-state index contributed by atoms with van der Waals surface area (Å²) >= 11 is 6.45. The van der Waals surface area contributed by atoms with Crippen LogP contribution in [0.1, 0.15) is 49.3 Å². The van der Waals surface area contributed by atoms with Crippen molar-refractivity contribution in [1.82, 2.24) is 4.98 Å². The summed E-state index contributed by atoms with van der Waals surface area (Å²) in [5.74, 6) is 1.31. The summed E-state index contributed by atoms with van der Waals surface area (Å²) in [6.07, 6.45) is 0. The van der Waals surface area contributed by atoms with E-state index < -0.39 is 5.97 Å². The topological polar surface area (TPSA) is 66.9 Å². The smallest absolute Gasteiger partial charge is 0.340 e. The van der Waals surface area contributed by atoms with Crippen LogP contribution in [0, 0.1) is 0 Å². The van der Waals surface area contributed by atoms with Gasteiger partial charge < -0.3 is 18.9 Å². The van der Waals surface area contributed by atoms with Crippen molar-refractivity contribution in [2.45, 2.75) is 39.7 Å². The molecule has 0 N–H and O–H groups in total. The third-order valence-electron chi connectivity index (χ3n) is 5.05. The lowest BCUT2D eigenvalue weighted by molar-refractivity contribution is 0.0523. The summed E-state index contributed by atoms with van der Waals surface area (Å²) in [5, 5.41) is 1.26. The van der Waals surface area contributed by atoms with Gasteiger partial charge in [0.25, 0.3) is 0 Å². The van der Waals surface area contributed by atoms with Crippen LogP contribution in [-0.4, -0.2) is 24.4 Å². The highest BCUT2D eigenvalue weighted by Crippen LogP contribution is 2.36. The number of carbonyl (C=O) groups is 1. The lowest BCUT2D eigenvalue weighted by Gasteiger charge is -2.20. The molecule has 31 heavy (non-hydrogen) atoms. The number of hydrogen-bond acceptors (Lipinski definition) is 6. The van der Waals surface area contributed by atoms with Gasteiger partial charge in [0.05, 0.1) is 28.4 Å². The van der Waals surface area contributed by atoms with E-state index in [4.69, 9.17) is 30.5 Å². The van der Waals surface area contributed by atoms with E-state index in [9.17, 15) is 4.79 Å². The Kier molecular flexibility index (Phi) is 5.67. The number of esters is 1. The Hall–Kier alpha value is -2.99. The van der Waals surface area contributed by atoms with Gasteiger partial charge in [-0.3, -0.25) is 0 Å². The number of fused-ring (bicyclic) bond motifs is 2. The minimum Gasteiger partial charge on any atom is -0.486 e. The zero-order valence-electron chi connectivity index (χ0n) is 18.0. The number of pyridine rings is 1. The van der Waals surface area contributed by atoms with Crippen LogP contribution in [0.5, 0.6) is 17.2 Å². The lowest BCUT2D eigenvalue weighted by atomic mass is 9.87. The highest BCUT2D eigenvalue weighted by molar-refractivity contribution is 6.32. The molecule has 0 saturated carbocycles. The number of benzene rings is 2. The SMILES string of the molecule is CCOC(=O)c1cc2cc3c(cc2nc1COc1ccc(C(C)(C)C)cc1Cl)OCO3. The highest BCUT2D eigenvalue weighted by Gasteiger charge is 2.21. The van der Waals surface area contributed by atoms with Gasteiger partial charge in [-0.1, -0.05) is 38.4 Å². The molecule has 2 heterocycles. The maximum Gasteiger partial charge on any atom is 0.340 e. The second-order valence-electron chi connectivity index (χ2n) is 8.29. The number of rotatable bonds is 5. The summed E-state index contributed by atoms with van der Waals surface area (Å²) in [4.78, 5) is 17.2. The molecule has 3 aromatic rings. The van der Waals surface area contributed by atoms with Gasteiger partial charge in [0.2, 0.25) is 6.79 Å². The van der Waals surface area contributed by atoms with Crippen LogP contribution in [0.25, 0.3) is 10.9 Å². The van der Waals surface area contributed by atoms with E-state index >= 15 is 0 Å². The monoisotopic (exact) mass is 441 g/mol. The van der Waals surface area contributed by atoms with Gasteiger partial charge >= 0.3 is 5.97 Å². The van der Waals surface area contributed by atoms with Crippen molar-refractivity contribution in [2.75, 3.05) is 13.4 Å². The summed E-state index contributed by atoms with van der Waals surface area (Å²) in [6, 6.07) is 11.1. The molecule has 0 saturated heterocycles. The van der Waals surface area contributed by atoms with E-state index in [1.54, 1.807) is 25.1 Å². The van der Waals surface area contributed by atoms with E-state index in [1.807, 2.05) is 18.2 Å². The molecule has 0 fully saturated rings. The molecule has 1 aliphatic heterocycles. The average Bonchev–Trinajstić information content (AvgIpc) is 3.17. The van der Waals surface area contributed by atoms with Crippen LogP contribution in [0.2, 0.25) is 5.02 Å². The van der Waals surface area contributed by atoms with Crippen molar-refractivity contribution in [1.29, 1.82) is 0 Å². The van der Waals surface area contributed by atoms with Gasteiger partial charge in [-0.05, 0) is 42.2 Å². The van der Waals surface area contributed by atoms with Crippen LogP contribution in [0.15, 0.2) is 36.4 Å². The van der Waals surface area contributed by atoms with Crippen molar-refractivity contribution < 1.29 is 23.7 Å². The molecule has 162 valence electrons. The van der Waals surface area contributed by atoms with E-state index in [1.165, 1.54) is 0 Å². The van der Waals surface area contributed by atoms with E-state index in [-0.39, 0.29) is 25.4 Å². The van der Waals surface area contributed by atoms with Gasteiger partial charge in [0.15, 0.2) is 11.5 Å². The molecular formula is C24H24ClNO5. The quantitative estimate of drug-likeness (QED) is 0.475. The second-order valence-corrected chi connectivity index (χ2v) is 8.69. The fourth-order valence-corrected chi connectivity index (χ4v) is 3.57. The molecule has 1 aromatic heterocycles. The first kappa shape index (κ1) is 21.2. The minimum atomic E-state index is -0.456. The summed E-state index contributed by atoms with van der Waals surface area (Å²) in [5.41, 5.74) is 2.56. The van der Waals surface area contributed by atoms with Crippen molar-refractivity contribution in [3.8, 4) is 17.2 Å². The normalized spacial score (nSPS) is 12.8. The first-order valence-corrected chi connectivity index (χ1v) is 10.5. The Morgan fingerprint density at radius 1 is 1.13 bits per heavy atom. The molecule has 7 heteroatoms. The third-order valence-corrected chi connectivity index (χ3v) is 5.34. The Bertz CT molecular complexity index is 1150. The lowest BCUT2D eigenvalue weighted by Crippen LogP contribution is -2.13. The maximum absolute atomic E-state index is 12.6. The second kappa shape index (κ2) is 8.27. The third kappa shape index (κ3) is 4.39. The van der Waals surface area contributed by atoms with E-state index in [2.05, 4.69) is 25.8 Å². The maximum atomic E-state index is 12.6. The van der Waals surface area contributed by atoms with Crippen molar-refractivity contribution in [3.05, 3.63) is 58.2 Å². The van der Waals surface area contributed by atoms with Gasteiger partial charge in [-0.15, -0.1) is 0 Å². The molecule has 0 spiro atoms. The molecular weight excluding hydrogens is 418 g/mol. The number of aromatic nitrogens is 1. The number of halogens is 1. The van der Waals surface area contributed by atoms with Gasteiger partial charge in [0.1, 0.15) is 12.4 Å². The molecule has 0 radical (unpaired) electrons. The number of hydrogen-bond donors (Lipinski definition) is 0. The molecule has 1 aliphatic rings. The summed E-state index contributed by atoms with van der Waals surface area (Å²) in [6.45, 7) is 8.61. The molecule has 0 amide bonds. The van der Waals surface area contributed by atoms with Gasteiger partial charge in [-0.2, -0.15) is 0 Å². The number of nitrogens with zero attached hydrogens (tertiary/aromatic N) is 1. The number of carbonyl (C=O) groups excluding carboxylic acids is 1. The largest absolute Gasteiger partial charge is 0.486 e. The van der Waals surface area contributed by atoms with Gasteiger partial charge in [0, 0.05) is 11.5 Å². The fourth-order valence-electron chi connectivity index (χ4n) is 3.33. The fraction of sp³-hybridized carbons (Fsp3) is 0.333. The van der Waals surface area contributed by atoms with Crippen molar-refractivity contribution in [3.63, 3.8) is 0 Å². The minimum absolute atomic E-state index is 0.0226. The molecule has 2 aromatic carbocycles. The Labute approximate surface area is 186 Å². The van der Waals surface area contributed by atoms with Gasteiger partial charge in [-0.25, -0.2) is 9.78 Å². The summed E-state index contributed by atoms with van der Waals surface area (Å²) in [7, 11) is 0. The molecule has 6 nitrogen and oxygen atoms in total. The van der Waals surface area contributed by atoms with Crippen LogP contribution in [0.4, 0.5) is 0 Å². The zero-order valence-corrected chi connectivity index (χ0v) is 18.7. The van der Waals surface area contributed by atoms with Crippen LogP contribution in [0.3, 0.4) is 0 Å². The van der Waals surface area contributed by atoms with E-state index in [0.717, 1.165) is 10.9 Å². The summed E-state index contributed by atoms with van der Waals surface area (Å²) < 4.78 is 22.0. The zero-order chi connectivity index (χ0) is 22.2. The molecule has 0 aliphatic carbocycles. The standard InChI is InChI=1S/C24H24ClNO5/c1-5-28-23(27)16-8-14-9-21-22(31-13-30-21)11-18(14)26-19(16)12-29-20-7-6-15(10-17(20)25)24(2,3)4/h6-11H,5,12-13H2,1-4H3. The molecule has 0 bridgehead atoms. The van der Waals surface area contributed by atoms with Crippen LogP contribution in [-0.2, 0) is 16.8 Å². The highest BCUT2D eigenvalue weighted by atomic mass is 35.5. The van der Waals surface area contributed by atoms with E-state index in [0.29, 0.717) is 39.0 Å². The predicted molar refractivity (Wildman–Crippen MR) is 118 cm³/mol. The predicted octanol–water partition coefficient (Wildman–Crippen LogP) is 5.67. The average molecular weight is 442 g/mol. The Balaban J connectivity index is 1.67. The molecule has 0 unspecified atom stereocenters.